The van der Waals surface area contributed by atoms with Crippen LogP contribution in [-0.2, 0) is 4.74 Å². The number of carbonyl (C=O) groups is 1. The molecule has 4 atom stereocenters. The van der Waals surface area contributed by atoms with Crippen LogP contribution < -0.4 is 9.64 Å². The molecule has 1 amide bonds. The number of hydrogen-bond donors (Lipinski definition) is 1. The van der Waals surface area contributed by atoms with E-state index in [0.717, 1.165) is 81.3 Å². The summed E-state index contributed by atoms with van der Waals surface area (Å²) in [5, 5.41) is 23.2. The maximum absolute atomic E-state index is 11.7. The highest BCUT2D eigenvalue weighted by Gasteiger charge is 2.44. The molecule has 0 spiro atoms. The molecule has 1 N–H and O–H groups in total. The molecule has 4 fully saturated rings. The lowest BCUT2D eigenvalue weighted by Gasteiger charge is -2.41. The zero-order valence-corrected chi connectivity index (χ0v) is 22.7. The first-order valence-electron chi connectivity index (χ1n) is 14.5. The number of ether oxygens (including phenoxy) is 2. The Morgan fingerprint density at radius 3 is 2.50 bits per heavy atom. The van der Waals surface area contributed by atoms with E-state index in [-0.39, 0.29) is 30.5 Å². The van der Waals surface area contributed by atoms with Gasteiger partial charge in [-0.3, -0.25) is 0 Å². The van der Waals surface area contributed by atoms with Gasteiger partial charge in [0.15, 0.2) is 5.82 Å². The fourth-order valence-corrected chi connectivity index (χ4v) is 6.42. The van der Waals surface area contributed by atoms with Crippen LogP contribution in [0.15, 0.2) is 36.7 Å². The summed E-state index contributed by atoms with van der Waals surface area (Å²) < 4.78 is 14.0. The van der Waals surface area contributed by atoms with Crippen LogP contribution in [0.5, 0.6) is 5.88 Å². The van der Waals surface area contributed by atoms with Crippen molar-refractivity contribution in [2.45, 2.75) is 88.2 Å². The van der Waals surface area contributed by atoms with E-state index in [1.165, 1.54) is 0 Å². The maximum Gasteiger partial charge on any atom is 0.407 e. The number of amides is 1. The van der Waals surface area contributed by atoms with Crippen molar-refractivity contribution in [1.82, 2.24) is 29.9 Å². The Kier molecular flexibility index (Phi) is 6.53. The minimum Gasteiger partial charge on any atom is -0.474 e. The Morgan fingerprint density at radius 1 is 1.02 bits per heavy atom. The van der Waals surface area contributed by atoms with Crippen molar-refractivity contribution in [2.75, 3.05) is 18.6 Å². The Morgan fingerprint density at radius 2 is 1.82 bits per heavy atom. The molecule has 1 unspecified atom stereocenters. The predicted molar refractivity (Wildman–Crippen MR) is 147 cm³/mol. The molecule has 6 heterocycles. The molecular weight excluding hydrogens is 510 g/mol. The average Bonchev–Trinajstić information content (AvgIpc) is 3.58. The number of hydrogen-bond acceptors (Lipinski definition) is 8. The largest absolute Gasteiger partial charge is 0.474 e. The number of nitrogens with zero attached hydrogens (tertiary/aromatic N) is 7. The number of anilines is 1. The van der Waals surface area contributed by atoms with Gasteiger partial charge in [-0.05, 0) is 82.1 Å². The lowest BCUT2D eigenvalue weighted by molar-refractivity contribution is -0.0394. The van der Waals surface area contributed by atoms with Crippen LogP contribution >= 0.6 is 0 Å². The van der Waals surface area contributed by atoms with E-state index in [0.29, 0.717) is 17.3 Å². The average molecular weight is 546 g/mol. The van der Waals surface area contributed by atoms with Gasteiger partial charge in [-0.25, -0.2) is 14.5 Å². The van der Waals surface area contributed by atoms with Gasteiger partial charge in [0, 0.05) is 49.1 Å². The molecule has 3 aliphatic heterocycles. The van der Waals surface area contributed by atoms with E-state index in [1.807, 2.05) is 48.4 Å². The van der Waals surface area contributed by atoms with Crippen molar-refractivity contribution < 1.29 is 19.4 Å². The number of pyridine rings is 1. The molecule has 40 heavy (non-hydrogen) atoms. The number of rotatable bonds is 7. The van der Waals surface area contributed by atoms with Gasteiger partial charge < -0.3 is 24.4 Å². The quantitative estimate of drug-likeness (QED) is 0.448. The van der Waals surface area contributed by atoms with E-state index in [1.54, 1.807) is 4.90 Å². The Labute approximate surface area is 233 Å². The Hall–Kier alpha value is -3.73. The fourth-order valence-electron chi connectivity index (χ4n) is 6.42. The Bertz CT molecular complexity index is 1350. The molecular formula is C29H35N7O4. The van der Waals surface area contributed by atoms with Crippen molar-refractivity contribution in [3.05, 3.63) is 36.7 Å². The second-order valence-electron chi connectivity index (χ2n) is 11.5. The van der Waals surface area contributed by atoms with Crippen molar-refractivity contribution in [1.29, 1.82) is 0 Å². The van der Waals surface area contributed by atoms with E-state index < -0.39 is 6.09 Å². The van der Waals surface area contributed by atoms with Gasteiger partial charge >= 0.3 is 6.09 Å². The molecule has 1 aliphatic carbocycles. The topological polar surface area (TPSA) is 119 Å². The summed E-state index contributed by atoms with van der Waals surface area (Å²) in [7, 11) is 2.03. The van der Waals surface area contributed by atoms with Gasteiger partial charge in [0.1, 0.15) is 18.0 Å². The summed E-state index contributed by atoms with van der Waals surface area (Å²) in [6, 6.07) is 8.31. The lowest BCUT2D eigenvalue weighted by Crippen LogP contribution is -2.51. The molecule has 3 aromatic rings. The first-order chi connectivity index (χ1) is 19.5. The molecule has 7 rings (SSSR count). The summed E-state index contributed by atoms with van der Waals surface area (Å²) >= 11 is 0. The first-order valence-corrected chi connectivity index (χ1v) is 14.5. The zero-order valence-electron chi connectivity index (χ0n) is 22.7. The highest BCUT2D eigenvalue weighted by Crippen LogP contribution is 2.39. The number of aromatic nitrogens is 5. The van der Waals surface area contributed by atoms with Crippen molar-refractivity contribution in [2.24, 2.45) is 0 Å². The summed E-state index contributed by atoms with van der Waals surface area (Å²) in [6.45, 7) is 0.771. The maximum atomic E-state index is 11.7. The second-order valence-corrected chi connectivity index (χ2v) is 11.5. The van der Waals surface area contributed by atoms with Crippen LogP contribution in [0.2, 0.25) is 0 Å². The Balaban J connectivity index is 1.09. The van der Waals surface area contributed by atoms with Gasteiger partial charge in [0.25, 0.3) is 0 Å². The normalized spacial score (nSPS) is 26.1. The van der Waals surface area contributed by atoms with Gasteiger partial charge in [0.2, 0.25) is 5.88 Å². The fraction of sp³-hybridized carbons (Fsp3) is 0.552. The molecule has 3 aromatic heterocycles. The SMILES string of the molecule is CN(c1ccc(-c2ccc(-c3cnn(C4CCCCO4)c3)c(OC3CC3)n2)nn1)[C@H]1C[C@H]2CC[C@@H](C1)N2C(=O)O. The molecule has 210 valence electrons. The van der Waals surface area contributed by atoms with Crippen molar-refractivity contribution in [3.63, 3.8) is 0 Å². The summed E-state index contributed by atoms with van der Waals surface area (Å²) in [6.07, 6.45) is 12.0. The standard InChI is InChI=1S/C29H35N7O4/c1-34(21-14-19-5-6-20(15-21)36(19)29(37)38)26-12-11-25(32-33-26)24-10-9-23(28(31-24)40-22-7-8-22)18-16-30-35(17-18)27-4-2-3-13-39-27/h9-12,16-17,19-22,27H,2-8,13-15H2,1H3,(H,37,38)/t19-,20+,21+,27?. The molecule has 0 aromatic carbocycles. The molecule has 11 nitrogen and oxygen atoms in total. The number of fused-ring (bicyclic) bond motifs is 2. The van der Waals surface area contributed by atoms with Crippen molar-refractivity contribution >= 4 is 11.9 Å². The summed E-state index contributed by atoms with van der Waals surface area (Å²) in [5.74, 6) is 1.37. The lowest BCUT2D eigenvalue weighted by atomic mass is 9.96. The summed E-state index contributed by atoms with van der Waals surface area (Å²) in [4.78, 5) is 20.3. The zero-order chi connectivity index (χ0) is 27.2. The number of piperidine rings is 1. The molecule has 3 saturated heterocycles. The van der Waals surface area contributed by atoms with E-state index in [2.05, 4.69) is 20.2 Å². The van der Waals surface area contributed by atoms with Crippen molar-refractivity contribution in [3.8, 4) is 28.4 Å². The first kappa shape index (κ1) is 25.3. The van der Waals surface area contributed by atoms with Gasteiger partial charge in [-0.1, -0.05) is 0 Å². The third kappa shape index (κ3) is 4.87. The monoisotopic (exact) mass is 545 g/mol. The highest BCUT2D eigenvalue weighted by atomic mass is 16.5. The molecule has 11 heteroatoms. The third-order valence-corrected chi connectivity index (χ3v) is 8.78. The van der Waals surface area contributed by atoms with Gasteiger partial charge in [-0.15, -0.1) is 10.2 Å². The smallest absolute Gasteiger partial charge is 0.407 e. The van der Waals surface area contributed by atoms with Crippen LogP contribution in [0.3, 0.4) is 0 Å². The highest BCUT2D eigenvalue weighted by molar-refractivity contribution is 5.71. The predicted octanol–water partition coefficient (Wildman–Crippen LogP) is 4.75. The minimum absolute atomic E-state index is 0.0191. The van der Waals surface area contributed by atoms with E-state index in [4.69, 9.17) is 14.5 Å². The second kappa shape index (κ2) is 10.3. The van der Waals surface area contributed by atoms with Crippen LogP contribution in [0, 0.1) is 0 Å². The van der Waals surface area contributed by atoms with Crippen LogP contribution in [0.4, 0.5) is 10.6 Å². The third-order valence-electron chi connectivity index (χ3n) is 8.78. The van der Waals surface area contributed by atoms with E-state index in [9.17, 15) is 9.90 Å². The molecule has 1 saturated carbocycles. The number of carboxylic acid groups (broad SMARTS) is 1. The minimum atomic E-state index is -0.798. The summed E-state index contributed by atoms with van der Waals surface area (Å²) in [5.41, 5.74) is 3.24. The molecule has 2 bridgehead atoms. The van der Waals surface area contributed by atoms with E-state index >= 15 is 0 Å². The van der Waals surface area contributed by atoms with Gasteiger partial charge in [-0.2, -0.15) is 5.10 Å². The van der Waals surface area contributed by atoms with Crippen LogP contribution in [0.1, 0.15) is 64.0 Å². The van der Waals surface area contributed by atoms with Gasteiger partial charge in [0.05, 0.1) is 11.9 Å². The van der Waals surface area contributed by atoms with Crippen LogP contribution in [-0.4, -0.2) is 78.9 Å². The molecule has 0 radical (unpaired) electrons. The van der Waals surface area contributed by atoms with Crippen LogP contribution in [0.25, 0.3) is 22.5 Å². The molecule has 4 aliphatic rings.